The van der Waals surface area contributed by atoms with E-state index in [2.05, 4.69) is 4.98 Å². The highest BCUT2D eigenvalue weighted by molar-refractivity contribution is 6.22. The summed E-state index contributed by atoms with van der Waals surface area (Å²) in [7, 11) is 1.55. The van der Waals surface area contributed by atoms with Crippen molar-refractivity contribution in [1.29, 1.82) is 0 Å². The highest BCUT2D eigenvalue weighted by atomic mass is 16.5. The fraction of sp³-hybridized carbons (Fsp3) is 0.250. The van der Waals surface area contributed by atoms with Crippen LogP contribution in [-0.4, -0.2) is 59.8 Å². The minimum Gasteiger partial charge on any atom is -0.451 e. The van der Waals surface area contributed by atoms with E-state index in [1.54, 1.807) is 13.3 Å². The zero-order valence-corrected chi connectivity index (χ0v) is 17.7. The number of ketones is 1. The zero-order chi connectivity index (χ0) is 22.8. The Kier molecular flexibility index (Phi) is 5.87. The molecule has 0 aliphatic carbocycles. The van der Waals surface area contributed by atoms with Crippen molar-refractivity contribution in [3.05, 3.63) is 70.9 Å². The monoisotopic (exact) mass is 434 g/mol. The number of para-hydroxylation sites is 1. The molecule has 0 radical (unpaired) electrons. The van der Waals surface area contributed by atoms with Crippen LogP contribution in [0, 0.1) is 0 Å². The number of fused-ring (bicyclic) bond motifs is 2. The molecule has 3 aromatic rings. The fourth-order valence-corrected chi connectivity index (χ4v) is 3.76. The van der Waals surface area contributed by atoms with Gasteiger partial charge >= 0.3 is 5.97 Å². The van der Waals surface area contributed by atoms with Crippen molar-refractivity contribution in [2.24, 2.45) is 0 Å². The second-order valence-electron chi connectivity index (χ2n) is 7.53. The molecule has 0 saturated heterocycles. The molecule has 8 heteroatoms. The number of esters is 1. The van der Waals surface area contributed by atoms with Gasteiger partial charge in [-0.2, -0.15) is 0 Å². The average molecular weight is 434 g/mol. The lowest BCUT2D eigenvalue weighted by Crippen LogP contribution is -2.31. The number of ether oxygens (including phenoxy) is 2. The minimum atomic E-state index is -1.03. The van der Waals surface area contributed by atoms with E-state index in [0.29, 0.717) is 18.6 Å². The molecule has 0 spiro atoms. The maximum atomic E-state index is 12.8. The third-order valence-electron chi connectivity index (χ3n) is 5.44. The highest BCUT2D eigenvalue weighted by Crippen LogP contribution is 2.25. The Hall–Kier alpha value is -3.78. The molecule has 1 atom stereocenters. The molecule has 0 saturated carbocycles. The van der Waals surface area contributed by atoms with Gasteiger partial charge in [0.25, 0.3) is 11.8 Å². The number of rotatable bonds is 8. The molecule has 32 heavy (non-hydrogen) atoms. The second-order valence-corrected chi connectivity index (χ2v) is 7.53. The molecule has 1 aliphatic rings. The van der Waals surface area contributed by atoms with Crippen LogP contribution < -0.4 is 0 Å². The lowest BCUT2D eigenvalue weighted by molar-refractivity contribution is 0.0319. The number of H-pyrrole nitrogens is 1. The molecule has 1 unspecified atom stereocenters. The average Bonchev–Trinajstić information content (AvgIpc) is 3.33. The van der Waals surface area contributed by atoms with Crippen molar-refractivity contribution in [3.8, 4) is 0 Å². The lowest BCUT2D eigenvalue weighted by atomic mass is 10.0. The molecule has 1 aromatic heterocycles. The number of hydrogen-bond acceptors (Lipinski definition) is 6. The maximum absolute atomic E-state index is 12.8. The Labute approximate surface area is 184 Å². The SMILES string of the molecule is COCCCN1C(=O)c2ccc(C(=O)OC(C)C(=O)c3c[nH]c4ccccc34)cc2C1=O. The first-order chi connectivity index (χ1) is 15.4. The molecule has 164 valence electrons. The van der Waals surface area contributed by atoms with Crippen LogP contribution in [-0.2, 0) is 9.47 Å². The summed E-state index contributed by atoms with van der Waals surface area (Å²) < 4.78 is 10.3. The van der Waals surface area contributed by atoms with E-state index < -0.39 is 23.9 Å². The van der Waals surface area contributed by atoms with Gasteiger partial charge in [-0.25, -0.2) is 4.79 Å². The largest absolute Gasteiger partial charge is 0.451 e. The van der Waals surface area contributed by atoms with Gasteiger partial charge in [0.15, 0.2) is 6.10 Å². The van der Waals surface area contributed by atoms with Crippen LogP contribution in [0.1, 0.15) is 54.8 Å². The van der Waals surface area contributed by atoms with Crippen molar-refractivity contribution < 1.29 is 28.7 Å². The number of aromatic amines is 1. The summed E-state index contributed by atoms with van der Waals surface area (Å²) in [6, 6.07) is 11.6. The minimum absolute atomic E-state index is 0.0993. The number of hydrogen-bond donors (Lipinski definition) is 1. The Morgan fingerprint density at radius 1 is 1.06 bits per heavy atom. The first-order valence-electron chi connectivity index (χ1n) is 10.2. The number of carbonyl (C=O) groups is 4. The predicted molar refractivity (Wildman–Crippen MR) is 116 cm³/mol. The summed E-state index contributed by atoms with van der Waals surface area (Å²) in [5, 5.41) is 0.746. The van der Waals surface area contributed by atoms with Gasteiger partial charge in [-0.05, 0) is 37.6 Å². The molecule has 1 aliphatic heterocycles. The van der Waals surface area contributed by atoms with E-state index in [1.807, 2.05) is 24.3 Å². The van der Waals surface area contributed by atoms with Gasteiger partial charge in [-0.3, -0.25) is 19.3 Å². The van der Waals surface area contributed by atoms with Crippen molar-refractivity contribution in [2.45, 2.75) is 19.4 Å². The topological polar surface area (TPSA) is 106 Å². The normalized spacial score (nSPS) is 14.0. The quantitative estimate of drug-likeness (QED) is 0.253. The van der Waals surface area contributed by atoms with Crippen molar-refractivity contribution in [2.75, 3.05) is 20.3 Å². The van der Waals surface area contributed by atoms with E-state index >= 15 is 0 Å². The van der Waals surface area contributed by atoms with Gasteiger partial charge in [0, 0.05) is 42.9 Å². The predicted octanol–water partition coefficient (Wildman–Crippen LogP) is 3.23. The number of nitrogens with zero attached hydrogens (tertiary/aromatic N) is 1. The molecule has 8 nitrogen and oxygen atoms in total. The number of methoxy groups -OCH3 is 1. The van der Waals surface area contributed by atoms with Crippen LogP contribution in [0.25, 0.3) is 10.9 Å². The number of nitrogens with one attached hydrogen (secondary N) is 1. The lowest BCUT2D eigenvalue weighted by Gasteiger charge is -2.13. The molecular formula is C24H22N2O6. The number of Topliss-reactive ketones (excluding diaryl/α,β-unsaturated/α-hetero) is 1. The first kappa shape index (κ1) is 21.5. The number of imide groups is 1. The van der Waals surface area contributed by atoms with E-state index in [9.17, 15) is 19.2 Å². The van der Waals surface area contributed by atoms with Gasteiger partial charge < -0.3 is 14.5 Å². The van der Waals surface area contributed by atoms with Crippen molar-refractivity contribution >= 4 is 34.5 Å². The number of benzene rings is 2. The molecule has 0 fully saturated rings. The molecule has 1 N–H and O–H groups in total. The Morgan fingerprint density at radius 3 is 2.59 bits per heavy atom. The van der Waals surface area contributed by atoms with Crippen molar-refractivity contribution in [1.82, 2.24) is 9.88 Å². The van der Waals surface area contributed by atoms with Gasteiger partial charge in [0.05, 0.1) is 16.7 Å². The van der Waals surface area contributed by atoms with Crippen molar-refractivity contribution in [3.63, 3.8) is 0 Å². The van der Waals surface area contributed by atoms with Gasteiger partial charge in [-0.1, -0.05) is 18.2 Å². The summed E-state index contributed by atoms with van der Waals surface area (Å²) >= 11 is 0. The Bertz CT molecular complexity index is 1230. The van der Waals surface area contributed by atoms with Crippen LogP contribution >= 0.6 is 0 Å². The first-order valence-corrected chi connectivity index (χ1v) is 10.2. The van der Waals surface area contributed by atoms with Crippen LogP contribution in [0.3, 0.4) is 0 Å². The van der Waals surface area contributed by atoms with E-state index in [1.165, 1.54) is 25.1 Å². The molecule has 2 amide bonds. The number of carbonyl (C=O) groups excluding carboxylic acids is 4. The van der Waals surface area contributed by atoms with Gasteiger partial charge in [-0.15, -0.1) is 0 Å². The molecule has 2 aromatic carbocycles. The smallest absolute Gasteiger partial charge is 0.338 e. The molecule has 2 heterocycles. The van der Waals surface area contributed by atoms with Crippen LogP contribution in [0.15, 0.2) is 48.7 Å². The van der Waals surface area contributed by atoms with E-state index in [4.69, 9.17) is 9.47 Å². The summed E-state index contributed by atoms with van der Waals surface area (Å²) in [6.07, 6.45) is 1.08. The second kappa shape index (κ2) is 8.76. The van der Waals surface area contributed by atoms with Crippen LogP contribution in [0.2, 0.25) is 0 Å². The molecular weight excluding hydrogens is 412 g/mol. The summed E-state index contributed by atoms with van der Waals surface area (Å²) in [5.41, 5.74) is 1.74. The number of aromatic nitrogens is 1. The summed E-state index contributed by atoms with van der Waals surface area (Å²) in [4.78, 5) is 54.8. The Balaban J connectivity index is 1.48. The molecule has 4 rings (SSSR count). The highest BCUT2D eigenvalue weighted by Gasteiger charge is 2.36. The Morgan fingerprint density at radius 2 is 1.81 bits per heavy atom. The maximum Gasteiger partial charge on any atom is 0.338 e. The standard InChI is InChI=1S/C24H22N2O6/c1-14(21(27)19-13-25-20-7-4-3-6-16(19)20)32-24(30)15-8-9-17-18(12-15)23(29)26(22(17)28)10-5-11-31-2/h3-4,6-9,12-14,25H,5,10-11H2,1-2H3. The van der Waals surface area contributed by atoms with E-state index in [-0.39, 0.29) is 29.0 Å². The van der Waals surface area contributed by atoms with Crippen LogP contribution in [0.5, 0.6) is 0 Å². The summed E-state index contributed by atoms with van der Waals surface area (Å²) in [6.45, 7) is 2.16. The molecule has 0 bridgehead atoms. The third-order valence-corrected chi connectivity index (χ3v) is 5.44. The third kappa shape index (κ3) is 3.80. The fourth-order valence-electron chi connectivity index (χ4n) is 3.76. The van der Waals surface area contributed by atoms with Gasteiger partial charge in [0.1, 0.15) is 0 Å². The van der Waals surface area contributed by atoms with E-state index in [0.717, 1.165) is 15.8 Å². The van der Waals surface area contributed by atoms with Crippen LogP contribution in [0.4, 0.5) is 0 Å². The van der Waals surface area contributed by atoms with Gasteiger partial charge in [0.2, 0.25) is 5.78 Å². The summed E-state index contributed by atoms with van der Waals surface area (Å²) in [5.74, 6) is -1.94. The zero-order valence-electron chi connectivity index (χ0n) is 17.7. The number of amides is 2.